The van der Waals surface area contributed by atoms with Crippen LogP contribution in [0.15, 0.2) is 0 Å². The number of hydrogen-bond acceptors (Lipinski definition) is 3. The highest BCUT2D eigenvalue weighted by Gasteiger charge is 2.34. The third-order valence-corrected chi connectivity index (χ3v) is 2.12. The summed E-state index contributed by atoms with van der Waals surface area (Å²) in [4.78, 5) is 0. The molecule has 1 aliphatic heterocycles. The monoisotopic (exact) mass is 208 g/mol. The van der Waals surface area contributed by atoms with E-state index in [9.17, 15) is 0 Å². The van der Waals surface area contributed by atoms with Gasteiger partial charge in [-0.2, -0.15) is 0 Å². The minimum Gasteiger partial charge on any atom is -0.328 e. The molecule has 1 unspecified atom stereocenters. The van der Waals surface area contributed by atoms with Crippen molar-refractivity contribution < 1.29 is 14.2 Å². The van der Waals surface area contributed by atoms with Gasteiger partial charge in [0.05, 0.1) is 13.2 Å². The Morgan fingerprint density at radius 1 is 1.38 bits per heavy atom. The molecule has 0 spiro atoms. The number of hydrogen-bond donors (Lipinski definition) is 0. The molecule has 1 heterocycles. The van der Waals surface area contributed by atoms with Gasteiger partial charge in [-0.25, -0.2) is 0 Å². The van der Waals surface area contributed by atoms with Crippen LogP contribution in [0.3, 0.4) is 0 Å². The molecule has 0 amide bonds. The largest absolute Gasteiger partial charge is 0.328 e. The van der Waals surface area contributed by atoms with E-state index >= 15 is 0 Å². The summed E-state index contributed by atoms with van der Waals surface area (Å²) in [5, 5.41) is 0. The zero-order chi connectivity index (χ0) is 9.57. The van der Waals surface area contributed by atoms with Crippen LogP contribution in [0.5, 0.6) is 0 Å². The average Bonchev–Trinajstić information content (AvgIpc) is 2.17. The molecule has 1 atom stereocenters. The Morgan fingerprint density at radius 3 is 2.77 bits per heavy atom. The standard InChI is InChI=1S/C9H17ClO3/c1-2-11-9(13-8-6-10)5-3-4-7-12-9/h2-8H2,1H3. The van der Waals surface area contributed by atoms with Crippen molar-refractivity contribution in [3.05, 3.63) is 0 Å². The van der Waals surface area contributed by atoms with Crippen molar-refractivity contribution in [2.75, 3.05) is 25.7 Å². The fourth-order valence-electron chi connectivity index (χ4n) is 1.43. The Hall–Kier alpha value is 0.170. The van der Waals surface area contributed by atoms with Crippen LogP contribution in [0.2, 0.25) is 0 Å². The highest BCUT2D eigenvalue weighted by Crippen LogP contribution is 2.27. The summed E-state index contributed by atoms with van der Waals surface area (Å²) < 4.78 is 16.5. The van der Waals surface area contributed by atoms with Crippen molar-refractivity contribution in [3.8, 4) is 0 Å². The Kier molecular flexibility index (Phi) is 5.02. The first-order chi connectivity index (χ1) is 6.33. The fraction of sp³-hybridized carbons (Fsp3) is 1.00. The van der Waals surface area contributed by atoms with Gasteiger partial charge >= 0.3 is 0 Å². The van der Waals surface area contributed by atoms with Gasteiger partial charge in [0.2, 0.25) is 0 Å². The minimum atomic E-state index is -0.804. The molecule has 78 valence electrons. The topological polar surface area (TPSA) is 27.7 Å². The van der Waals surface area contributed by atoms with Crippen LogP contribution in [0.25, 0.3) is 0 Å². The quantitative estimate of drug-likeness (QED) is 0.512. The summed E-state index contributed by atoms with van der Waals surface area (Å²) in [6, 6.07) is 0. The van der Waals surface area contributed by atoms with Crippen LogP contribution in [0.4, 0.5) is 0 Å². The summed E-state index contributed by atoms with van der Waals surface area (Å²) >= 11 is 5.55. The Bertz CT molecular complexity index is 129. The van der Waals surface area contributed by atoms with Gasteiger partial charge in [-0.3, -0.25) is 0 Å². The predicted octanol–water partition coefficient (Wildman–Crippen LogP) is 2.13. The van der Waals surface area contributed by atoms with Gasteiger partial charge in [0, 0.05) is 18.9 Å². The van der Waals surface area contributed by atoms with Crippen LogP contribution in [0, 0.1) is 0 Å². The molecule has 1 saturated heterocycles. The molecule has 1 fully saturated rings. The minimum absolute atomic E-state index is 0.470. The maximum Gasteiger partial charge on any atom is 0.282 e. The predicted molar refractivity (Wildman–Crippen MR) is 50.8 cm³/mol. The highest BCUT2D eigenvalue weighted by atomic mass is 35.5. The van der Waals surface area contributed by atoms with E-state index in [0.717, 1.165) is 19.3 Å². The molecule has 1 aliphatic rings. The second-order valence-corrected chi connectivity index (χ2v) is 3.34. The van der Waals surface area contributed by atoms with Gasteiger partial charge in [0.25, 0.3) is 5.97 Å². The fourth-order valence-corrected chi connectivity index (χ4v) is 1.50. The molecule has 0 aromatic rings. The third-order valence-electron chi connectivity index (χ3n) is 1.96. The molecule has 0 aromatic carbocycles. The molecule has 1 rings (SSSR count). The molecular weight excluding hydrogens is 192 g/mol. The molecule has 3 nitrogen and oxygen atoms in total. The van der Waals surface area contributed by atoms with E-state index in [1.807, 2.05) is 6.92 Å². The van der Waals surface area contributed by atoms with Crippen molar-refractivity contribution >= 4 is 11.6 Å². The number of rotatable bonds is 5. The summed E-state index contributed by atoms with van der Waals surface area (Å²) in [5.41, 5.74) is 0. The summed E-state index contributed by atoms with van der Waals surface area (Å²) in [6.45, 7) is 3.72. The van der Waals surface area contributed by atoms with Crippen LogP contribution >= 0.6 is 11.6 Å². The lowest BCUT2D eigenvalue weighted by Gasteiger charge is -2.35. The first kappa shape index (κ1) is 11.2. The van der Waals surface area contributed by atoms with E-state index in [1.165, 1.54) is 0 Å². The van der Waals surface area contributed by atoms with Gasteiger partial charge in [0.15, 0.2) is 0 Å². The third kappa shape index (κ3) is 3.43. The van der Waals surface area contributed by atoms with Crippen LogP contribution in [-0.4, -0.2) is 31.7 Å². The lowest BCUT2D eigenvalue weighted by atomic mass is 10.2. The maximum atomic E-state index is 5.55. The smallest absolute Gasteiger partial charge is 0.282 e. The summed E-state index contributed by atoms with van der Waals surface area (Å²) in [7, 11) is 0. The van der Waals surface area contributed by atoms with Gasteiger partial charge in [-0.15, -0.1) is 11.6 Å². The number of alkyl halides is 1. The van der Waals surface area contributed by atoms with Crippen molar-refractivity contribution in [3.63, 3.8) is 0 Å². The molecule has 0 N–H and O–H groups in total. The number of halogens is 1. The second-order valence-electron chi connectivity index (χ2n) is 2.96. The molecule has 0 aliphatic carbocycles. The maximum absolute atomic E-state index is 5.55. The first-order valence-electron chi connectivity index (χ1n) is 4.81. The second kappa shape index (κ2) is 5.81. The van der Waals surface area contributed by atoms with E-state index in [1.54, 1.807) is 0 Å². The summed E-state index contributed by atoms with van der Waals surface area (Å²) in [5.74, 6) is -0.333. The van der Waals surface area contributed by atoms with Gasteiger partial charge in [-0.1, -0.05) is 0 Å². The average molecular weight is 209 g/mol. The Balaban J connectivity index is 2.40. The summed E-state index contributed by atoms with van der Waals surface area (Å²) in [6.07, 6.45) is 2.97. The van der Waals surface area contributed by atoms with Crippen LogP contribution in [0.1, 0.15) is 26.2 Å². The molecule has 13 heavy (non-hydrogen) atoms. The van der Waals surface area contributed by atoms with Crippen LogP contribution < -0.4 is 0 Å². The van der Waals surface area contributed by atoms with Gasteiger partial charge < -0.3 is 14.2 Å². The van der Waals surface area contributed by atoms with E-state index in [-0.39, 0.29) is 0 Å². The zero-order valence-corrected chi connectivity index (χ0v) is 8.81. The first-order valence-corrected chi connectivity index (χ1v) is 5.34. The van der Waals surface area contributed by atoms with E-state index in [4.69, 9.17) is 25.8 Å². The highest BCUT2D eigenvalue weighted by molar-refractivity contribution is 6.17. The van der Waals surface area contributed by atoms with Crippen molar-refractivity contribution in [2.45, 2.75) is 32.2 Å². The SMILES string of the molecule is CCOC1(OCCCl)CCCCO1. The van der Waals surface area contributed by atoms with Crippen molar-refractivity contribution in [1.29, 1.82) is 0 Å². The molecule has 0 bridgehead atoms. The lowest BCUT2D eigenvalue weighted by Crippen LogP contribution is -2.42. The van der Waals surface area contributed by atoms with E-state index in [2.05, 4.69) is 0 Å². The lowest BCUT2D eigenvalue weighted by molar-refractivity contribution is -0.390. The van der Waals surface area contributed by atoms with Crippen molar-refractivity contribution in [2.24, 2.45) is 0 Å². The normalized spacial score (nSPS) is 29.1. The Labute approximate surface area is 84.3 Å². The van der Waals surface area contributed by atoms with Crippen molar-refractivity contribution in [1.82, 2.24) is 0 Å². The van der Waals surface area contributed by atoms with Gasteiger partial charge in [-0.05, 0) is 19.8 Å². The Morgan fingerprint density at radius 2 is 2.23 bits per heavy atom. The van der Waals surface area contributed by atoms with Gasteiger partial charge in [0.1, 0.15) is 0 Å². The molecular formula is C9H17ClO3. The molecule has 0 radical (unpaired) electrons. The molecule has 0 saturated carbocycles. The number of ether oxygens (including phenoxy) is 3. The molecule has 4 heteroatoms. The zero-order valence-electron chi connectivity index (χ0n) is 8.05. The van der Waals surface area contributed by atoms with E-state index < -0.39 is 5.97 Å². The van der Waals surface area contributed by atoms with Crippen LogP contribution in [-0.2, 0) is 14.2 Å². The molecule has 0 aromatic heterocycles. The van der Waals surface area contributed by atoms with E-state index in [0.29, 0.717) is 25.7 Å².